The Kier molecular flexibility index (Phi) is 6.40. The molecule has 8 nitrogen and oxygen atoms in total. The number of carbonyl (C=O) groups is 3. The van der Waals surface area contributed by atoms with E-state index in [1.54, 1.807) is 6.08 Å². The van der Waals surface area contributed by atoms with Crippen molar-refractivity contribution >= 4 is 17.9 Å². The van der Waals surface area contributed by atoms with Gasteiger partial charge >= 0.3 is 17.9 Å². The highest BCUT2D eigenvalue weighted by Crippen LogP contribution is 2.39. The lowest BCUT2D eigenvalue weighted by Gasteiger charge is -2.32. The lowest BCUT2D eigenvalue weighted by atomic mass is 9.87. The molecule has 0 aromatic carbocycles. The van der Waals surface area contributed by atoms with Crippen molar-refractivity contribution in [2.24, 2.45) is 5.92 Å². The molecule has 2 aliphatic rings. The Morgan fingerprint density at radius 2 is 2.03 bits per heavy atom. The van der Waals surface area contributed by atoms with Gasteiger partial charge in [-0.15, -0.1) is 0 Å². The molecule has 1 N–H and O–H groups in total. The van der Waals surface area contributed by atoms with Crippen molar-refractivity contribution < 1.29 is 38.1 Å². The molecule has 1 aromatic heterocycles. The van der Waals surface area contributed by atoms with Crippen LogP contribution in [0, 0.1) is 5.92 Å². The summed E-state index contributed by atoms with van der Waals surface area (Å²) < 4.78 is 21.7. The van der Waals surface area contributed by atoms with Gasteiger partial charge in [0.25, 0.3) is 0 Å². The van der Waals surface area contributed by atoms with Gasteiger partial charge in [0.1, 0.15) is 28.8 Å². The first-order valence-corrected chi connectivity index (χ1v) is 10.2. The molecular formula is C23H28O8. The van der Waals surface area contributed by atoms with E-state index >= 15 is 0 Å². The molecule has 4 atom stereocenters. The predicted octanol–water partition coefficient (Wildman–Crippen LogP) is 3.19. The molecule has 31 heavy (non-hydrogen) atoms. The van der Waals surface area contributed by atoms with Crippen molar-refractivity contribution in [2.75, 3.05) is 7.11 Å². The van der Waals surface area contributed by atoms with Crippen LogP contribution in [0.4, 0.5) is 0 Å². The Morgan fingerprint density at radius 3 is 2.65 bits per heavy atom. The molecular weight excluding hydrogens is 404 g/mol. The summed E-state index contributed by atoms with van der Waals surface area (Å²) in [6.45, 7) is 8.60. The molecule has 168 valence electrons. The van der Waals surface area contributed by atoms with E-state index in [1.807, 2.05) is 6.92 Å². The van der Waals surface area contributed by atoms with E-state index in [0.717, 1.165) is 5.57 Å². The van der Waals surface area contributed by atoms with Crippen LogP contribution in [-0.2, 0) is 30.2 Å². The number of hydrogen-bond acceptors (Lipinski definition) is 8. The molecule has 8 heteroatoms. The molecule has 0 saturated carbocycles. The van der Waals surface area contributed by atoms with Crippen LogP contribution in [0.2, 0.25) is 0 Å². The molecule has 0 spiro atoms. The van der Waals surface area contributed by atoms with E-state index < -0.39 is 35.7 Å². The Morgan fingerprint density at radius 1 is 1.32 bits per heavy atom. The van der Waals surface area contributed by atoms with Crippen LogP contribution < -0.4 is 0 Å². The van der Waals surface area contributed by atoms with Gasteiger partial charge < -0.3 is 23.7 Å². The van der Waals surface area contributed by atoms with E-state index in [1.165, 1.54) is 27.0 Å². The third kappa shape index (κ3) is 4.90. The fourth-order valence-electron chi connectivity index (χ4n) is 4.09. The van der Waals surface area contributed by atoms with Crippen LogP contribution in [0.5, 0.6) is 0 Å². The third-order valence-electron chi connectivity index (χ3n) is 5.75. The molecule has 2 aliphatic heterocycles. The van der Waals surface area contributed by atoms with Crippen molar-refractivity contribution in [3.8, 4) is 0 Å². The SMILES string of the molecule is C=C(C)C1CCC2=CC(CC(C)(O)C(OC(C)=O)c3cc(C(=O)OC)c(o3)C1)OC2=O. The van der Waals surface area contributed by atoms with Gasteiger partial charge in [-0.1, -0.05) is 12.2 Å². The normalized spacial score (nSPS) is 28.4. The first kappa shape index (κ1) is 22.8. The molecule has 0 radical (unpaired) electrons. The zero-order chi connectivity index (χ0) is 22.9. The number of aliphatic hydroxyl groups is 1. The number of carbonyl (C=O) groups excluding carboxylic acids is 3. The summed E-state index contributed by atoms with van der Waals surface area (Å²) in [6.07, 6.45) is 1.19. The highest BCUT2D eigenvalue weighted by atomic mass is 16.6. The minimum Gasteiger partial charge on any atom is -0.465 e. The van der Waals surface area contributed by atoms with Gasteiger partial charge in [-0.05, 0) is 44.7 Å². The number of fused-ring (bicyclic) bond motifs is 3. The third-order valence-corrected chi connectivity index (χ3v) is 5.75. The molecule has 0 aliphatic carbocycles. The highest BCUT2D eigenvalue weighted by molar-refractivity contribution is 5.91. The van der Waals surface area contributed by atoms with Crippen molar-refractivity contribution in [3.63, 3.8) is 0 Å². The van der Waals surface area contributed by atoms with Gasteiger partial charge in [0.15, 0.2) is 6.10 Å². The summed E-state index contributed by atoms with van der Waals surface area (Å²) in [4.78, 5) is 36.5. The molecule has 3 rings (SSSR count). The number of esters is 3. The Labute approximate surface area is 180 Å². The topological polar surface area (TPSA) is 112 Å². The maximum Gasteiger partial charge on any atom is 0.341 e. The van der Waals surface area contributed by atoms with Crippen LogP contribution in [0.25, 0.3) is 0 Å². The number of methoxy groups -OCH3 is 1. The van der Waals surface area contributed by atoms with Gasteiger partial charge in [0.05, 0.1) is 7.11 Å². The summed E-state index contributed by atoms with van der Waals surface area (Å²) in [5, 5.41) is 11.2. The van der Waals surface area contributed by atoms with Gasteiger partial charge in [0.2, 0.25) is 0 Å². The summed E-state index contributed by atoms with van der Waals surface area (Å²) >= 11 is 0. The molecule has 4 bridgehead atoms. The highest BCUT2D eigenvalue weighted by Gasteiger charge is 2.43. The van der Waals surface area contributed by atoms with Gasteiger partial charge in [-0.3, -0.25) is 4.79 Å². The fraction of sp³-hybridized carbons (Fsp3) is 0.522. The maximum atomic E-state index is 12.4. The summed E-state index contributed by atoms with van der Waals surface area (Å²) in [6, 6.07) is 1.44. The second-order valence-electron chi connectivity index (χ2n) is 8.45. The molecule has 0 fully saturated rings. The van der Waals surface area contributed by atoms with Crippen molar-refractivity contribution in [1.82, 2.24) is 0 Å². The average Bonchev–Trinajstić information content (AvgIpc) is 3.24. The van der Waals surface area contributed by atoms with E-state index in [2.05, 4.69) is 6.58 Å². The predicted molar refractivity (Wildman–Crippen MR) is 109 cm³/mol. The minimum atomic E-state index is -1.65. The first-order valence-electron chi connectivity index (χ1n) is 10.2. The first-order chi connectivity index (χ1) is 14.5. The lowest BCUT2D eigenvalue weighted by molar-refractivity contribution is -0.169. The zero-order valence-electron chi connectivity index (χ0n) is 18.2. The number of hydrogen-bond donors (Lipinski definition) is 1. The minimum absolute atomic E-state index is 0.0201. The van der Waals surface area contributed by atoms with Crippen LogP contribution in [0.3, 0.4) is 0 Å². The smallest absolute Gasteiger partial charge is 0.341 e. The van der Waals surface area contributed by atoms with Crippen LogP contribution in [-0.4, -0.2) is 41.8 Å². The van der Waals surface area contributed by atoms with E-state index in [-0.39, 0.29) is 23.7 Å². The monoisotopic (exact) mass is 432 g/mol. The van der Waals surface area contributed by atoms with Crippen LogP contribution in [0.1, 0.15) is 68.0 Å². The van der Waals surface area contributed by atoms with Gasteiger partial charge in [0, 0.05) is 25.3 Å². The summed E-state index contributed by atoms with van der Waals surface area (Å²) in [5.41, 5.74) is -0.0471. The van der Waals surface area contributed by atoms with Crippen molar-refractivity contribution in [2.45, 2.75) is 64.3 Å². The second kappa shape index (κ2) is 8.70. The van der Waals surface area contributed by atoms with Gasteiger partial charge in [-0.2, -0.15) is 0 Å². The maximum absolute atomic E-state index is 12.4. The van der Waals surface area contributed by atoms with Crippen LogP contribution in [0.15, 0.2) is 34.3 Å². The van der Waals surface area contributed by atoms with Crippen molar-refractivity contribution in [1.29, 1.82) is 0 Å². The Bertz CT molecular complexity index is 935. The zero-order valence-corrected chi connectivity index (χ0v) is 18.2. The molecule has 0 amide bonds. The Hall–Kier alpha value is -2.87. The van der Waals surface area contributed by atoms with Gasteiger partial charge in [-0.25, -0.2) is 9.59 Å². The van der Waals surface area contributed by atoms with Crippen LogP contribution >= 0.6 is 0 Å². The Balaban J connectivity index is 2.13. The fourth-order valence-corrected chi connectivity index (χ4v) is 4.09. The van der Waals surface area contributed by atoms with E-state index in [4.69, 9.17) is 18.6 Å². The molecule has 4 unspecified atom stereocenters. The molecule has 0 saturated heterocycles. The quantitative estimate of drug-likeness (QED) is 0.440. The second-order valence-corrected chi connectivity index (χ2v) is 8.45. The number of ether oxygens (including phenoxy) is 3. The molecule has 3 heterocycles. The number of furan rings is 1. The van der Waals surface area contributed by atoms with Crippen molar-refractivity contribution in [3.05, 3.63) is 47.0 Å². The number of allylic oxidation sites excluding steroid dienone is 1. The lowest BCUT2D eigenvalue weighted by Crippen LogP contribution is -2.38. The molecule has 1 aromatic rings. The van der Waals surface area contributed by atoms with E-state index in [9.17, 15) is 19.5 Å². The average molecular weight is 432 g/mol. The summed E-state index contributed by atoms with van der Waals surface area (Å²) in [5.74, 6) is -1.27. The largest absolute Gasteiger partial charge is 0.465 e. The number of rotatable bonds is 3. The van der Waals surface area contributed by atoms with E-state index in [0.29, 0.717) is 30.6 Å². The summed E-state index contributed by atoms with van der Waals surface area (Å²) in [7, 11) is 1.26. The standard InChI is InChI=1S/C23H28O8/c1-12(2)14-6-7-15-8-16(30-21(15)25)11-23(4,27)20(29-13(3)24)19-10-17(22(26)28-5)18(9-14)31-19/h8,10,14,16,20,27H,1,6-7,9,11H2,2-5H3.